The summed E-state index contributed by atoms with van der Waals surface area (Å²) in [5.74, 6) is -2.07. The molecular weight excluding hydrogens is 265 g/mol. The van der Waals surface area contributed by atoms with E-state index in [1.807, 2.05) is 0 Å². The van der Waals surface area contributed by atoms with Crippen LogP contribution in [0.1, 0.15) is 23.7 Å². The third kappa shape index (κ3) is 2.54. The molecule has 2 rings (SSSR count). The predicted octanol–water partition coefficient (Wildman–Crippen LogP) is 1.41. The number of ether oxygens (including phenoxy) is 1. The first-order chi connectivity index (χ1) is 9.43. The maximum Gasteiger partial charge on any atom is 0.232 e. The molecule has 0 aromatic heterocycles. The number of imide groups is 1. The number of nitrogens with zero attached hydrogens (tertiary/aromatic N) is 1. The molecule has 1 saturated heterocycles. The van der Waals surface area contributed by atoms with Gasteiger partial charge in [-0.25, -0.2) is 4.39 Å². The molecular formula is C14H14FNO4. The van der Waals surface area contributed by atoms with Crippen molar-refractivity contribution in [3.63, 3.8) is 0 Å². The van der Waals surface area contributed by atoms with E-state index in [1.54, 1.807) is 6.92 Å². The van der Waals surface area contributed by atoms with Crippen LogP contribution in [0.4, 0.5) is 4.39 Å². The van der Waals surface area contributed by atoms with Gasteiger partial charge in [0.15, 0.2) is 5.78 Å². The maximum atomic E-state index is 13.2. The van der Waals surface area contributed by atoms with E-state index in [2.05, 4.69) is 0 Å². The quantitative estimate of drug-likeness (QED) is 0.617. The molecule has 5 nitrogen and oxygen atoms in total. The Morgan fingerprint density at radius 3 is 2.70 bits per heavy atom. The molecule has 1 heterocycles. The maximum absolute atomic E-state index is 13.2. The van der Waals surface area contributed by atoms with Crippen LogP contribution in [0.15, 0.2) is 18.2 Å². The van der Waals surface area contributed by atoms with Crippen LogP contribution in [-0.4, -0.2) is 36.2 Å². The summed E-state index contributed by atoms with van der Waals surface area (Å²) in [6, 6.07) is 3.54. The lowest BCUT2D eigenvalue weighted by Crippen LogP contribution is -2.35. The molecule has 0 N–H and O–H groups in total. The molecule has 0 bridgehead atoms. The van der Waals surface area contributed by atoms with Gasteiger partial charge < -0.3 is 4.74 Å². The second-order valence-electron chi connectivity index (χ2n) is 4.69. The van der Waals surface area contributed by atoms with Gasteiger partial charge in [0.05, 0.1) is 19.2 Å². The number of Topliss-reactive ketones (excluding diaryl/α,β-unsaturated/α-hetero) is 1. The largest absolute Gasteiger partial charge is 0.496 e. The van der Waals surface area contributed by atoms with Gasteiger partial charge in [-0.3, -0.25) is 19.3 Å². The molecule has 106 valence electrons. The van der Waals surface area contributed by atoms with Crippen molar-refractivity contribution in [1.82, 2.24) is 4.90 Å². The number of benzene rings is 1. The van der Waals surface area contributed by atoms with Crippen molar-refractivity contribution in [2.24, 2.45) is 5.92 Å². The molecule has 1 fully saturated rings. The fraction of sp³-hybridized carbons (Fsp3) is 0.357. The van der Waals surface area contributed by atoms with Gasteiger partial charge in [0, 0.05) is 12.3 Å². The molecule has 0 radical (unpaired) electrons. The fourth-order valence-corrected chi connectivity index (χ4v) is 2.14. The highest BCUT2D eigenvalue weighted by molar-refractivity contribution is 6.09. The van der Waals surface area contributed by atoms with Gasteiger partial charge in [-0.05, 0) is 18.2 Å². The average molecular weight is 279 g/mol. The molecule has 1 unspecified atom stereocenters. The zero-order valence-electron chi connectivity index (χ0n) is 11.2. The zero-order chi connectivity index (χ0) is 14.9. The first kappa shape index (κ1) is 14.2. The van der Waals surface area contributed by atoms with Crippen LogP contribution in [0.5, 0.6) is 5.75 Å². The highest BCUT2D eigenvalue weighted by Crippen LogP contribution is 2.23. The van der Waals surface area contributed by atoms with E-state index in [0.29, 0.717) is 0 Å². The van der Waals surface area contributed by atoms with Gasteiger partial charge >= 0.3 is 0 Å². The standard InChI is InChI=1S/C14H14FNO4/c1-8-5-13(18)16(14(8)19)7-11(17)10-6-9(15)3-4-12(10)20-2/h3-4,6,8H,5,7H2,1-2H3. The van der Waals surface area contributed by atoms with E-state index in [1.165, 1.54) is 19.2 Å². The van der Waals surface area contributed by atoms with Gasteiger partial charge in [-0.1, -0.05) is 6.92 Å². The van der Waals surface area contributed by atoms with E-state index in [9.17, 15) is 18.8 Å². The molecule has 1 aromatic rings. The molecule has 2 amide bonds. The average Bonchev–Trinajstić information content (AvgIpc) is 2.65. The molecule has 0 saturated carbocycles. The van der Waals surface area contributed by atoms with E-state index in [0.717, 1.165) is 11.0 Å². The summed E-state index contributed by atoms with van der Waals surface area (Å²) in [5.41, 5.74) is 0.0210. The summed E-state index contributed by atoms with van der Waals surface area (Å²) >= 11 is 0. The first-order valence-electron chi connectivity index (χ1n) is 6.15. The lowest BCUT2D eigenvalue weighted by Gasteiger charge is -2.14. The molecule has 1 aliphatic heterocycles. The minimum atomic E-state index is -0.582. The van der Waals surface area contributed by atoms with Crippen molar-refractivity contribution < 1.29 is 23.5 Å². The Hall–Kier alpha value is -2.24. The Balaban J connectivity index is 2.23. The fourth-order valence-electron chi connectivity index (χ4n) is 2.14. The highest BCUT2D eigenvalue weighted by Gasteiger charge is 2.37. The van der Waals surface area contributed by atoms with Gasteiger partial charge in [-0.2, -0.15) is 0 Å². The molecule has 0 aliphatic carbocycles. The van der Waals surface area contributed by atoms with Crippen LogP contribution in [0.2, 0.25) is 0 Å². The Kier molecular flexibility index (Phi) is 3.83. The van der Waals surface area contributed by atoms with Crippen molar-refractivity contribution in [1.29, 1.82) is 0 Å². The molecule has 6 heteroatoms. The van der Waals surface area contributed by atoms with Crippen molar-refractivity contribution >= 4 is 17.6 Å². The van der Waals surface area contributed by atoms with Crippen molar-refractivity contribution in [3.05, 3.63) is 29.6 Å². The SMILES string of the molecule is COc1ccc(F)cc1C(=O)CN1C(=O)CC(C)C1=O. The lowest BCUT2D eigenvalue weighted by molar-refractivity contribution is -0.138. The topological polar surface area (TPSA) is 63.7 Å². The lowest BCUT2D eigenvalue weighted by atomic mass is 10.1. The molecule has 1 aliphatic rings. The van der Waals surface area contributed by atoms with E-state index < -0.39 is 17.5 Å². The van der Waals surface area contributed by atoms with Crippen molar-refractivity contribution in [3.8, 4) is 5.75 Å². The molecule has 1 aromatic carbocycles. The van der Waals surface area contributed by atoms with Crippen LogP contribution >= 0.6 is 0 Å². The van der Waals surface area contributed by atoms with Crippen LogP contribution in [0.25, 0.3) is 0 Å². The van der Waals surface area contributed by atoms with Gasteiger partial charge in [0.1, 0.15) is 11.6 Å². The second-order valence-corrected chi connectivity index (χ2v) is 4.69. The van der Waals surface area contributed by atoms with Crippen molar-refractivity contribution in [2.45, 2.75) is 13.3 Å². The second kappa shape index (κ2) is 5.40. The minimum absolute atomic E-state index is 0.0210. The van der Waals surface area contributed by atoms with Crippen molar-refractivity contribution in [2.75, 3.05) is 13.7 Å². The highest BCUT2D eigenvalue weighted by atomic mass is 19.1. The number of carbonyl (C=O) groups is 3. The van der Waals surface area contributed by atoms with E-state index in [4.69, 9.17) is 4.74 Å². The predicted molar refractivity (Wildman–Crippen MR) is 67.8 cm³/mol. The summed E-state index contributed by atoms with van der Waals surface area (Å²) in [7, 11) is 1.36. The number of carbonyl (C=O) groups excluding carboxylic acids is 3. The number of halogens is 1. The van der Waals surface area contributed by atoms with E-state index >= 15 is 0 Å². The number of rotatable bonds is 4. The zero-order valence-corrected chi connectivity index (χ0v) is 11.2. The first-order valence-corrected chi connectivity index (χ1v) is 6.15. The Bertz CT molecular complexity index is 585. The summed E-state index contributed by atoms with van der Waals surface area (Å²) < 4.78 is 18.2. The third-order valence-corrected chi connectivity index (χ3v) is 3.23. The number of hydrogen-bond donors (Lipinski definition) is 0. The van der Waals surface area contributed by atoms with Gasteiger partial charge in [0.2, 0.25) is 11.8 Å². The monoisotopic (exact) mass is 279 g/mol. The smallest absolute Gasteiger partial charge is 0.232 e. The summed E-state index contributed by atoms with van der Waals surface area (Å²) in [6.45, 7) is 1.25. The Morgan fingerprint density at radius 1 is 1.45 bits per heavy atom. The van der Waals surface area contributed by atoms with Gasteiger partial charge in [0.25, 0.3) is 0 Å². The minimum Gasteiger partial charge on any atom is -0.496 e. The van der Waals surface area contributed by atoms with Crippen LogP contribution in [0, 0.1) is 11.7 Å². The molecule has 0 spiro atoms. The van der Waals surface area contributed by atoms with E-state index in [-0.39, 0.29) is 36.1 Å². The number of amides is 2. The van der Waals surface area contributed by atoms with Crippen LogP contribution in [-0.2, 0) is 9.59 Å². The summed E-state index contributed by atoms with van der Waals surface area (Å²) in [6.07, 6.45) is 0.104. The number of methoxy groups -OCH3 is 1. The van der Waals surface area contributed by atoms with Crippen LogP contribution in [0.3, 0.4) is 0 Å². The Labute approximate surface area is 115 Å². The number of likely N-dealkylation sites (tertiary alicyclic amines) is 1. The summed E-state index contributed by atoms with van der Waals surface area (Å²) in [4.78, 5) is 36.4. The molecule has 20 heavy (non-hydrogen) atoms. The Morgan fingerprint density at radius 2 is 2.15 bits per heavy atom. The third-order valence-electron chi connectivity index (χ3n) is 3.23. The van der Waals surface area contributed by atoms with Gasteiger partial charge in [-0.15, -0.1) is 0 Å². The number of hydrogen-bond acceptors (Lipinski definition) is 4. The molecule has 1 atom stereocenters. The van der Waals surface area contributed by atoms with Crippen LogP contribution < -0.4 is 4.74 Å². The summed E-state index contributed by atoms with van der Waals surface area (Å²) in [5, 5.41) is 0. The normalized spacial score (nSPS) is 18.6. The number of ketones is 1.